The van der Waals surface area contributed by atoms with Gasteiger partial charge in [0, 0.05) is 29.2 Å². The second-order valence-corrected chi connectivity index (χ2v) is 11.8. The van der Waals surface area contributed by atoms with Crippen LogP contribution >= 0.6 is 0 Å². The van der Waals surface area contributed by atoms with Gasteiger partial charge in [-0.05, 0) is 79.7 Å². The van der Waals surface area contributed by atoms with Crippen LogP contribution in [0.4, 0.5) is 0 Å². The highest BCUT2D eigenvalue weighted by molar-refractivity contribution is 6.23. The van der Waals surface area contributed by atoms with Crippen molar-refractivity contribution in [1.82, 2.24) is 14.5 Å². The zero-order valence-electron chi connectivity index (χ0n) is 25.6. The van der Waals surface area contributed by atoms with Crippen molar-refractivity contribution in [2.75, 3.05) is 0 Å². The van der Waals surface area contributed by atoms with Crippen molar-refractivity contribution in [3.05, 3.63) is 176 Å². The van der Waals surface area contributed by atoms with E-state index in [-0.39, 0.29) is 0 Å². The number of imidazole rings is 1. The van der Waals surface area contributed by atoms with Gasteiger partial charge in [0.2, 0.25) is 0 Å². The summed E-state index contributed by atoms with van der Waals surface area (Å²) in [6.07, 6.45) is 3.78. The molecule has 0 unspecified atom stereocenters. The van der Waals surface area contributed by atoms with Gasteiger partial charge in [0.1, 0.15) is 5.82 Å². The van der Waals surface area contributed by atoms with Crippen molar-refractivity contribution in [3.63, 3.8) is 0 Å². The highest BCUT2D eigenvalue weighted by Crippen LogP contribution is 2.48. The van der Waals surface area contributed by atoms with Crippen LogP contribution in [0.15, 0.2) is 176 Å². The molecule has 7 aromatic carbocycles. The average Bonchev–Trinajstić information content (AvgIpc) is 3.54. The summed E-state index contributed by atoms with van der Waals surface area (Å²) in [6, 6.07) is 58.2. The molecule has 0 radical (unpaired) electrons. The second-order valence-electron chi connectivity index (χ2n) is 11.8. The molecular formula is C44H29N3. The summed E-state index contributed by atoms with van der Waals surface area (Å²) in [7, 11) is 0. The molecule has 3 heteroatoms. The van der Waals surface area contributed by atoms with Crippen LogP contribution < -0.4 is 0 Å². The Bertz CT molecular complexity index is 2510. The van der Waals surface area contributed by atoms with E-state index in [0.29, 0.717) is 0 Å². The molecule has 9 aromatic rings. The maximum Gasteiger partial charge on any atom is 0.146 e. The molecule has 0 amide bonds. The lowest BCUT2D eigenvalue weighted by atomic mass is 9.83. The Kier molecular flexibility index (Phi) is 6.46. The van der Waals surface area contributed by atoms with Gasteiger partial charge in [-0.25, -0.2) is 4.98 Å². The van der Waals surface area contributed by atoms with Crippen molar-refractivity contribution in [1.29, 1.82) is 0 Å². The topological polar surface area (TPSA) is 30.7 Å². The Hall–Kier alpha value is -6.32. The molecule has 0 spiro atoms. The summed E-state index contributed by atoms with van der Waals surface area (Å²) in [5.41, 5.74) is 11.3. The summed E-state index contributed by atoms with van der Waals surface area (Å²) >= 11 is 0. The quantitative estimate of drug-likeness (QED) is 0.184. The van der Waals surface area contributed by atoms with Crippen molar-refractivity contribution >= 4 is 32.6 Å². The van der Waals surface area contributed by atoms with Crippen LogP contribution in [-0.4, -0.2) is 14.5 Å². The third-order valence-electron chi connectivity index (χ3n) is 9.11. The lowest BCUT2D eigenvalue weighted by molar-refractivity contribution is 1.10. The largest absolute Gasteiger partial charge is 0.292 e. The van der Waals surface area contributed by atoms with E-state index in [4.69, 9.17) is 4.98 Å². The standard InChI is InChI=1S/C44H29N3/c1-2-16-31(17-3-1)47-41-27-13-12-26-40(41)46-44(47)39-25-11-10-24-38(39)43-36-22-8-6-20-34(36)42(35-21-7-9-23-37(35)43)33-19-5-4-18-32(33)30-15-14-28-45-29-30/h1-29H. The molecule has 2 aromatic heterocycles. The minimum Gasteiger partial charge on any atom is -0.292 e. The highest BCUT2D eigenvalue weighted by atomic mass is 15.1. The molecule has 9 rings (SSSR count). The van der Waals surface area contributed by atoms with E-state index in [1.54, 1.807) is 0 Å². The van der Waals surface area contributed by atoms with Gasteiger partial charge in [-0.2, -0.15) is 0 Å². The molecule has 0 fully saturated rings. The number of hydrogen-bond acceptors (Lipinski definition) is 2. The second kappa shape index (κ2) is 11.2. The van der Waals surface area contributed by atoms with Crippen molar-refractivity contribution in [3.8, 4) is 50.5 Å². The molecule has 0 aliphatic heterocycles. The summed E-state index contributed by atoms with van der Waals surface area (Å²) < 4.78 is 2.29. The number of benzene rings is 7. The third-order valence-corrected chi connectivity index (χ3v) is 9.11. The maximum atomic E-state index is 5.27. The van der Waals surface area contributed by atoms with Crippen molar-refractivity contribution < 1.29 is 0 Å². The molecule has 2 heterocycles. The van der Waals surface area contributed by atoms with Crippen LogP contribution in [0.5, 0.6) is 0 Å². The molecule has 3 nitrogen and oxygen atoms in total. The van der Waals surface area contributed by atoms with Crippen molar-refractivity contribution in [2.45, 2.75) is 0 Å². The fraction of sp³-hybridized carbons (Fsp3) is 0. The Balaban J connectivity index is 1.38. The highest BCUT2D eigenvalue weighted by Gasteiger charge is 2.23. The summed E-state index contributed by atoms with van der Waals surface area (Å²) in [5.74, 6) is 0.923. The maximum absolute atomic E-state index is 5.27. The van der Waals surface area contributed by atoms with Gasteiger partial charge in [0.15, 0.2) is 0 Å². The van der Waals surface area contributed by atoms with E-state index >= 15 is 0 Å². The first kappa shape index (κ1) is 27.0. The van der Waals surface area contributed by atoms with Crippen LogP contribution in [0, 0.1) is 0 Å². The van der Waals surface area contributed by atoms with Crippen molar-refractivity contribution in [2.24, 2.45) is 0 Å². The molecule has 0 saturated carbocycles. The molecule has 0 N–H and O–H groups in total. The first-order chi connectivity index (χ1) is 23.4. The molecule has 0 saturated heterocycles. The molecule has 0 aliphatic carbocycles. The number of fused-ring (bicyclic) bond motifs is 3. The van der Waals surface area contributed by atoms with E-state index in [2.05, 4.69) is 167 Å². The molecule has 0 bridgehead atoms. The lowest BCUT2D eigenvalue weighted by Crippen LogP contribution is -1.99. The van der Waals surface area contributed by atoms with Crippen LogP contribution in [0.1, 0.15) is 0 Å². The number of nitrogens with zero attached hydrogens (tertiary/aromatic N) is 3. The summed E-state index contributed by atoms with van der Waals surface area (Å²) in [5, 5.41) is 4.84. The SMILES string of the molecule is c1ccc(-n2c(-c3ccccc3-c3c4ccccc4c(-c4ccccc4-c4cccnc4)c4ccccc34)nc3ccccc32)cc1. The smallest absolute Gasteiger partial charge is 0.146 e. The zero-order valence-corrected chi connectivity index (χ0v) is 25.6. The molecule has 47 heavy (non-hydrogen) atoms. The Morgan fingerprint density at radius 3 is 1.53 bits per heavy atom. The van der Waals surface area contributed by atoms with Gasteiger partial charge in [-0.1, -0.05) is 133 Å². The lowest BCUT2D eigenvalue weighted by Gasteiger charge is -2.21. The summed E-state index contributed by atoms with van der Waals surface area (Å²) in [4.78, 5) is 9.72. The molecular weight excluding hydrogens is 571 g/mol. The van der Waals surface area contributed by atoms with Gasteiger partial charge in [-0.3, -0.25) is 9.55 Å². The number of hydrogen-bond donors (Lipinski definition) is 0. The van der Waals surface area contributed by atoms with E-state index in [1.807, 2.05) is 18.5 Å². The zero-order chi connectivity index (χ0) is 31.2. The van der Waals surface area contributed by atoms with Crippen LogP contribution in [0.2, 0.25) is 0 Å². The normalized spacial score (nSPS) is 11.4. The first-order valence-electron chi connectivity index (χ1n) is 15.9. The predicted molar refractivity (Wildman–Crippen MR) is 196 cm³/mol. The number of aromatic nitrogens is 3. The first-order valence-corrected chi connectivity index (χ1v) is 15.9. The van der Waals surface area contributed by atoms with Gasteiger partial charge < -0.3 is 0 Å². The average molecular weight is 600 g/mol. The number of para-hydroxylation sites is 3. The van der Waals surface area contributed by atoms with Gasteiger partial charge in [0.05, 0.1) is 11.0 Å². The van der Waals surface area contributed by atoms with E-state index < -0.39 is 0 Å². The molecule has 0 atom stereocenters. The monoisotopic (exact) mass is 599 g/mol. The predicted octanol–water partition coefficient (Wildman–Crippen LogP) is 11.4. The Labute approximate surface area is 273 Å². The van der Waals surface area contributed by atoms with E-state index in [0.717, 1.165) is 39.2 Å². The Morgan fingerprint density at radius 2 is 0.915 bits per heavy atom. The third kappa shape index (κ3) is 4.44. The van der Waals surface area contributed by atoms with E-state index in [1.165, 1.54) is 43.8 Å². The summed E-state index contributed by atoms with van der Waals surface area (Å²) in [6.45, 7) is 0. The van der Waals surface area contributed by atoms with Crippen LogP contribution in [0.25, 0.3) is 83.0 Å². The molecule has 0 aliphatic rings. The van der Waals surface area contributed by atoms with E-state index in [9.17, 15) is 0 Å². The fourth-order valence-electron chi connectivity index (χ4n) is 7.12. The van der Waals surface area contributed by atoms with Crippen LogP contribution in [0.3, 0.4) is 0 Å². The Morgan fingerprint density at radius 1 is 0.404 bits per heavy atom. The number of pyridine rings is 1. The number of rotatable bonds is 5. The van der Waals surface area contributed by atoms with Crippen LogP contribution in [-0.2, 0) is 0 Å². The fourth-order valence-corrected chi connectivity index (χ4v) is 7.12. The van der Waals surface area contributed by atoms with Gasteiger partial charge in [0.25, 0.3) is 0 Å². The van der Waals surface area contributed by atoms with Gasteiger partial charge >= 0.3 is 0 Å². The molecule has 220 valence electrons. The minimum atomic E-state index is 0.923. The minimum absolute atomic E-state index is 0.923. The van der Waals surface area contributed by atoms with Gasteiger partial charge in [-0.15, -0.1) is 0 Å².